The summed E-state index contributed by atoms with van der Waals surface area (Å²) in [4.78, 5) is 35.5. The van der Waals surface area contributed by atoms with Gasteiger partial charge in [0.1, 0.15) is 19.8 Å². The third-order valence-corrected chi connectivity index (χ3v) is 14.5. The molecule has 0 rings (SSSR count). The third-order valence-electron chi connectivity index (χ3n) is 13.5. The molecule has 9 nitrogen and oxygen atoms in total. The van der Waals surface area contributed by atoms with Crippen LogP contribution < -0.4 is 0 Å². The summed E-state index contributed by atoms with van der Waals surface area (Å²) in [6.07, 6.45) is 72.3. The fourth-order valence-electron chi connectivity index (χ4n) is 8.79. The van der Waals surface area contributed by atoms with Crippen molar-refractivity contribution in [2.24, 2.45) is 0 Å². The minimum atomic E-state index is -4.40. The Kier molecular flexibility index (Phi) is 53.7. The number of carbonyl (C=O) groups excluding carboxylic acids is 2. The first-order valence-corrected chi connectivity index (χ1v) is 32.5. The smallest absolute Gasteiger partial charge is 0.462 e. The number of ether oxygens (including phenoxy) is 2. The highest BCUT2D eigenvalue weighted by Crippen LogP contribution is 2.43. The van der Waals surface area contributed by atoms with E-state index >= 15 is 0 Å². The summed E-state index contributed by atoms with van der Waals surface area (Å²) >= 11 is 0. The number of nitrogens with zero attached hydrogens (tertiary/aromatic N) is 1. The van der Waals surface area contributed by atoms with Crippen molar-refractivity contribution < 1.29 is 42.1 Å². The second kappa shape index (κ2) is 55.5. The molecule has 0 radical (unpaired) electrons. The van der Waals surface area contributed by atoms with Crippen molar-refractivity contribution in [1.82, 2.24) is 0 Å². The van der Waals surface area contributed by atoms with E-state index in [0.29, 0.717) is 17.4 Å². The van der Waals surface area contributed by atoms with Gasteiger partial charge in [0, 0.05) is 12.8 Å². The second-order valence-electron chi connectivity index (χ2n) is 22.1. The van der Waals surface area contributed by atoms with E-state index in [9.17, 15) is 19.0 Å². The Balaban J connectivity index is 3.90. The number of phosphoric ester groups is 1. The van der Waals surface area contributed by atoms with Crippen molar-refractivity contribution in [2.45, 2.75) is 290 Å². The van der Waals surface area contributed by atoms with Gasteiger partial charge in [-0.3, -0.25) is 18.6 Å². The van der Waals surface area contributed by atoms with Crippen LogP contribution in [-0.4, -0.2) is 74.9 Å². The molecule has 0 aromatic carbocycles. The number of unbranched alkanes of at least 4 members (excludes halogenated alkanes) is 33. The lowest BCUT2D eigenvalue weighted by molar-refractivity contribution is -0.870. The normalized spacial score (nSPS) is 13.6. The van der Waals surface area contributed by atoms with Gasteiger partial charge in [-0.25, -0.2) is 4.57 Å². The summed E-state index contributed by atoms with van der Waals surface area (Å²) in [5.41, 5.74) is 0. The standard InChI is InChI=1S/C64H118NO8P/c1-6-8-10-12-14-16-18-20-21-22-23-24-25-26-27-28-29-30-31-32-33-34-35-36-37-38-39-40-41-42-43-45-46-48-50-52-54-56-63(66)70-60-62(61-72-74(68,69)71-59-58-65(3,4)5)73-64(67)57-55-53-51-49-47-44-19-17-15-13-11-9-7-2/h9,11,15,17,22-23,44,47,51,53,62H,6-8,10,12-14,16,18-21,24-43,45-46,48-50,52,54-61H2,1-5H3/p+1/b11-9-,17-15-,23-22-,47-44-,53-51-. The third kappa shape index (κ3) is 59.0. The molecule has 0 aromatic rings. The summed E-state index contributed by atoms with van der Waals surface area (Å²) in [5, 5.41) is 0. The highest BCUT2D eigenvalue weighted by Gasteiger charge is 2.27. The average Bonchev–Trinajstić information content (AvgIpc) is 3.36. The minimum absolute atomic E-state index is 0.0185. The molecule has 0 saturated heterocycles. The highest BCUT2D eigenvalue weighted by molar-refractivity contribution is 7.47. The van der Waals surface area contributed by atoms with Crippen LogP contribution in [0.15, 0.2) is 60.8 Å². The highest BCUT2D eigenvalue weighted by atomic mass is 31.2. The zero-order valence-electron chi connectivity index (χ0n) is 49.1. The molecule has 0 aliphatic carbocycles. The summed E-state index contributed by atoms with van der Waals surface area (Å²) in [6, 6.07) is 0. The first kappa shape index (κ1) is 71.7. The molecule has 0 spiro atoms. The van der Waals surface area contributed by atoms with Crippen molar-refractivity contribution in [3.05, 3.63) is 60.8 Å². The Morgan fingerprint density at radius 2 is 0.797 bits per heavy atom. The lowest BCUT2D eigenvalue weighted by Crippen LogP contribution is -2.37. The Morgan fingerprint density at radius 1 is 0.432 bits per heavy atom. The molecule has 0 aromatic heterocycles. The number of hydrogen-bond acceptors (Lipinski definition) is 7. The summed E-state index contributed by atoms with van der Waals surface area (Å²) in [7, 11) is 1.44. The Labute approximate surface area is 457 Å². The summed E-state index contributed by atoms with van der Waals surface area (Å²) < 4.78 is 34.4. The van der Waals surface area contributed by atoms with E-state index in [2.05, 4.69) is 62.5 Å². The Morgan fingerprint density at radius 3 is 1.20 bits per heavy atom. The topological polar surface area (TPSA) is 108 Å². The molecule has 74 heavy (non-hydrogen) atoms. The molecule has 0 bridgehead atoms. The fourth-order valence-corrected chi connectivity index (χ4v) is 9.53. The lowest BCUT2D eigenvalue weighted by atomic mass is 10.0. The van der Waals surface area contributed by atoms with Crippen LogP contribution >= 0.6 is 7.82 Å². The minimum Gasteiger partial charge on any atom is -0.462 e. The van der Waals surface area contributed by atoms with Crippen LogP contribution in [0, 0.1) is 0 Å². The van der Waals surface area contributed by atoms with Crippen molar-refractivity contribution in [1.29, 1.82) is 0 Å². The van der Waals surface area contributed by atoms with Gasteiger partial charge in [-0.1, -0.05) is 267 Å². The Hall–Kier alpha value is -2.29. The van der Waals surface area contributed by atoms with Gasteiger partial charge in [-0.05, 0) is 64.2 Å². The van der Waals surface area contributed by atoms with E-state index in [1.165, 1.54) is 205 Å². The van der Waals surface area contributed by atoms with Gasteiger partial charge >= 0.3 is 19.8 Å². The molecule has 2 unspecified atom stereocenters. The van der Waals surface area contributed by atoms with Crippen LogP contribution in [0.3, 0.4) is 0 Å². The zero-order valence-corrected chi connectivity index (χ0v) is 50.0. The fraction of sp³-hybridized carbons (Fsp3) is 0.812. The number of hydrogen-bond donors (Lipinski definition) is 1. The Bertz CT molecular complexity index is 1430. The van der Waals surface area contributed by atoms with Gasteiger partial charge in [0.2, 0.25) is 0 Å². The van der Waals surface area contributed by atoms with Crippen LogP contribution in [-0.2, 0) is 32.7 Å². The van der Waals surface area contributed by atoms with E-state index in [1.54, 1.807) is 0 Å². The van der Waals surface area contributed by atoms with Crippen LogP contribution in [0.4, 0.5) is 0 Å². The first-order chi connectivity index (χ1) is 36.0. The van der Waals surface area contributed by atoms with Crippen LogP contribution in [0.25, 0.3) is 0 Å². The SMILES string of the molecule is CC/C=C\C/C=C\C/C=C\C/C=C\CCC(=O)OC(COC(=O)CCCCCCCCCCCCCCCCCCCCCCCCCCC/C=C\CCCCCCCCCC)COP(=O)(O)OCC[N+](C)(C)C. The van der Waals surface area contributed by atoms with E-state index in [1.807, 2.05) is 33.3 Å². The quantitative estimate of drug-likeness (QED) is 0.0211. The largest absolute Gasteiger partial charge is 0.472 e. The van der Waals surface area contributed by atoms with Gasteiger partial charge in [0.15, 0.2) is 6.10 Å². The van der Waals surface area contributed by atoms with Gasteiger partial charge in [0.05, 0.1) is 27.7 Å². The molecule has 10 heteroatoms. The van der Waals surface area contributed by atoms with E-state index in [0.717, 1.165) is 44.9 Å². The predicted molar refractivity (Wildman–Crippen MR) is 316 cm³/mol. The van der Waals surface area contributed by atoms with E-state index in [-0.39, 0.29) is 32.0 Å². The summed E-state index contributed by atoms with van der Waals surface area (Å²) in [5.74, 6) is -0.885. The lowest BCUT2D eigenvalue weighted by Gasteiger charge is -2.24. The van der Waals surface area contributed by atoms with Gasteiger partial charge in [-0.15, -0.1) is 0 Å². The van der Waals surface area contributed by atoms with Crippen LogP contribution in [0.2, 0.25) is 0 Å². The molecule has 0 fully saturated rings. The monoisotopic (exact) mass is 1060 g/mol. The zero-order chi connectivity index (χ0) is 54.2. The van der Waals surface area contributed by atoms with Gasteiger partial charge in [0.25, 0.3) is 0 Å². The number of allylic oxidation sites excluding steroid dienone is 10. The maximum Gasteiger partial charge on any atom is 0.472 e. The molecule has 432 valence electrons. The molecule has 1 N–H and O–H groups in total. The molecule has 0 amide bonds. The maximum atomic E-state index is 12.7. The number of quaternary nitrogens is 1. The number of rotatable bonds is 57. The first-order valence-electron chi connectivity index (χ1n) is 31.0. The van der Waals surface area contributed by atoms with Crippen molar-refractivity contribution >= 4 is 19.8 Å². The number of esters is 2. The maximum absolute atomic E-state index is 12.7. The molecular formula is C64H119NO8P+. The van der Waals surface area contributed by atoms with Crippen LogP contribution in [0.5, 0.6) is 0 Å². The molecule has 0 heterocycles. The van der Waals surface area contributed by atoms with Crippen molar-refractivity contribution in [3.8, 4) is 0 Å². The molecule has 0 aliphatic heterocycles. The predicted octanol–water partition coefficient (Wildman–Crippen LogP) is 19.5. The van der Waals surface area contributed by atoms with Gasteiger partial charge < -0.3 is 18.9 Å². The number of phosphoric acid groups is 1. The molecule has 2 atom stereocenters. The average molecular weight is 1060 g/mol. The van der Waals surface area contributed by atoms with Gasteiger partial charge in [-0.2, -0.15) is 0 Å². The molecule has 0 saturated carbocycles. The number of carbonyl (C=O) groups is 2. The van der Waals surface area contributed by atoms with E-state index < -0.39 is 26.5 Å². The van der Waals surface area contributed by atoms with Crippen LogP contribution in [0.1, 0.15) is 284 Å². The molecular weight excluding hydrogens is 942 g/mol. The van der Waals surface area contributed by atoms with Crippen molar-refractivity contribution in [3.63, 3.8) is 0 Å². The van der Waals surface area contributed by atoms with Crippen molar-refractivity contribution in [2.75, 3.05) is 47.5 Å². The number of likely N-dealkylation sites (N-methyl/N-ethyl adjacent to an activating group) is 1. The molecule has 0 aliphatic rings. The summed E-state index contributed by atoms with van der Waals surface area (Å²) in [6.45, 7) is 4.25. The van der Waals surface area contributed by atoms with E-state index in [4.69, 9.17) is 18.5 Å². The second-order valence-corrected chi connectivity index (χ2v) is 23.5.